The Morgan fingerprint density at radius 2 is 2.19 bits per heavy atom. The first-order chi connectivity index (χ1) is 12.5. The minimum Gasteiger partial charge on any atom is -0.478 e. The molecule has 2 aromatic rings. The summed E-state index contributed by atoms with van der Waals surface area (Å²) in [6, 6.07) is 5.53. The second-order valence-corrected chi connectivity index (χ2v) is 5.88. The van der Waals surface area contributed by atoms with Crippen LogP contribution in [-0.4, -0.2) is 22.5 Å². The average molecular weight is 354 g/mol. The van der Waals surface area contributed by atoms with Crippen molar-refractivity contribution in [2.24, 2.45) is 0 Å². The van der Waals surface area contributed by atoms with Gasteiger partial charge in [0, 0.05) is 30.9 Å². The van der Waals surface area contributed by atoms with Gasteiger partial charge in [-0.3, -0.25) is 9.59 Å². The maximum atomic E-state index is 12.1. The fraction of sp³-hybridized carbons (Fsp3) is 0.368. The smallest absolute Gasteiger partial charge is 0.266 e. The molecular formula is C19H22N4O3. The molecule has 0 saturated carbocycles. The number of rotatable bonds is 7. The Hall–Kier alpha value is -3.14. The molecule has 0 bridgehead atoms. The number of ether oxygens (including phenoxy) is 1. The molecule has 136 valence electrons. The van der Waals surface area contributed by atoms with E-state index in [2.05, 4.69) is 15.3 Å². The molecule has 0 saturated heterocycles. The molecule has 2 aromatic heterocycles. The Kier molecular flexibility index (Phi) is 6.50. The predicted octanol–water partition coefficient (Wildman–Crippen LogP) is 1.91. The van der Waals surface area contributed by atoms with Crippen LogP contribution in [0.2, 0.25) is 0 Å². The third-order valence-corrected chi connectivity index (χ3v) is 4.10. The predicted molar refractivity (Wildman–Crippen MR) is 96.8 cm³/mol. The molecule has 1 amide bonds. The maximum Gasteiger partial charge on any atom is 0.266 e. The molecule has 2 heterocycles. The number of carbonyl (C=O) groups excluding carboxylic acids is 1. The van der Waals surface area contributed by atoms with Gasteiger partial charge in [-0.25, -0.2) is 4.98 Å². The Morgan fingerprint density at radius 1 is 1.42 bits per heavy atom. The molecule has 2 rings (SSSR count). The van der Waals surface area contributed by atoms with Crippen LogP contribution in [0.5, 0.6) is 5.88 Å². The first-order valence-corrected chi connectivity index (χ1v) is 8.43. The van der Waals surface area contributed by atoms with Crippen LogP contribution in [0.25, 0.3) is 0 Å². The van der Waals surface area contributed by atoms with E-state index in [4.69, 9.17) is 10.00 Å². The molecular weight excluding hydrogens is 332 g/mol. The highest BCUT2D eigenvalue weighted by molar-refractivity contribution is 5.76. The summed E-state index contributed by atoms with van der Waals surface area (Å²) in [5, 5.41) is 12.0. The normalized spacial score (nSPS) is 10.2. The van der Waals surface area contributed by atoms with Crippen LogP contribution in [0.15, 0.2) is 23.1 Å². The molecule has 0 fully saturated rings. The second-order valence-electron chi connectivity index (χ2n) is 5.88. The number of nitriles is 1. The Bertz CT molecular complexity index is 897. The van der Waals surface area contributed by atoms with Gasteiger partial charge in [-0.05, 0) is 49.9 Å². The van der Waals surface area contributed by atoms with Crippen molar-refractivity contribution in [2.75, 3.05) is 6.61 Å². The van der Waals surface area contributed by atoms with Gasteiger partial charge in [0.25, 0.3) is 5.56 Å². The molecule has 0 atom stereocenters. The van der Waals surface area contributed by atoms with Crippen LogP contribution in [-0.2, 0) is 17.8 Å². The van der Waals surface area contributed by atoms with Crippen molar-refractivity contribution >= 4 is 5.91 Å². The number of aromatic nitrogens is 2. The molecule has 7 heteroatoms. The Morgan fingerprint density at radius 3 is 2.88 bits per heavy atom. The van der Waals surface area contributed by atoms with Crippen LogP contribution >= 0.6 is 0 Å². The van der Waals surface area contributed by atoms with E-state index in [1.165, 1.54) is 0 Å². The first-order valence-electron chi connectivity index (χ1n) is 8.43. The van der Waals surface area contributed by atoms with Crippen molar-refractivity contribution in [3.05, 3.63) is 56.6 Å². The number of nitrogens with zero attached hydrogens (tertiary/aromatic N) is 2. The second kappa shape index (κ2) is 8.81. The molecule has 7 nitrogen and oxygen atoms in total. The van der Waals surface area contributed by atoms with Crippen LogP contribution in [0.1, 0.15) is 41.3 Å². The van der Waals surface area contributed by atoms with Crippen molar-refractivity contribution < 1.29 is 9.53 Å². The monoisotopic (exact) mass is 354 g/mol. The van der Waals surface area contributed by atoms with Gasteiger partial charge >= 0.3 is 0 Å². The van der Waals surface area contributed by atoms with Gasteiger partial charge in [-0.2, -0.15) is 5.26 Å². The lowest BCUT2D eigenvalue weighted by molar-refractivity contribution is -0.121. The summed E-state index contributed by atoms with van der Waals surface area (Å²) in [7, 11) is 0. The highest BCUT2D eigenvalue weighted by Crippen LogP contribution is 2.15. The third kappa shape index (κ3) is 4.70. The number of nitrogens with one attached hydrogen (secondary N) is 2. The van der Waals surface area contributed by atoms with Crippen LogP contribution in [0, 0.1) is 25.2 Å². The molecule has 0 aromatic carbocycles. The van der Waals surface area contributed by atoms with Gasteiger partial charge in [-0.15, -0.1) is 0 Å². The van der Waals surface area contributed by atoms with Gasteiger partial charge in [0.1, 0.15) is 11.6 Å². The zero-order chi connectivity index (χ0) is 19.1. The zero-order valence-corrected chi connectivity index (χ0v) is 15.2. The molecule has 0 aliphatic carbocycles. The lowest BCUT2D eigenvalue weighted by Gasteiger charge is -2.11. The van der Waals surface area contributed by atoms with Crippen molar-refractivity contribution in [1.82, 2.24) is 15.3 Å². The molecule has 0 aliphatic heterocycles. The van der Waals surface area contributed by atoms with E-state index in [1.807, 2.05) is 19.1 Å². The molecule has 2 N–H and O–H groups in total. The minimum absolute atomic E-state index is 0.103. The van der Waals surface area contributed by atoms with Crippen molar-refractivity contribution in [1.29, 1.82) is 5.26 Å². The van der Waals surface area contributed by atoms with Gasteiger partial charge in [0.05, 0.1) is 6.61 Å². The lowest BCUT2D eigenvalue weighted by atomic mass is 9.99. The van der Waals surface area contributed by atoms with E-state index in [1.54, 1.807) is 26.1 Å². The summed E-state index contributed by atoms with van der Waals surface area (Å²) in [6.07, 6.45) is 2.36. The summed E-state index contributed by atoms with van der Waals surface area (Å²) in [5.41, 5.74) is 2.77. The largest absolute Gasteiger partial charge is 0.478 e. The van der Waals surface area contributed by atoms with E-state index >= 15 is 0 Å². The van der Waals surface area contributed by atoms with Crippen molar-refractivity contribution in [2.45, 2.75) is 40.2 Å². The summed E-state index contributed by atoms with van der Waals surface area (Å²) >= 11 is 0. The number of hydrogen-bond donors (Lipinski definition) is 2. The van der Waals surface area contributed by atoms with Crippen LogP contribution < -0.4 is 15.6 Å². The van der Waals surface area contributed by atoms with E-state index < -0.39 is 5.56 Å². The minimum atomic E-state index is -0.390. The maximum absolute atomic E-state index is 12.1. The Balaban J connectivity index is 1.97. The molecule has 0 radical (unpaired) electrons. The van der Waals surface area contributed by atoms with E-state index in [0.29, 0.717) is 36.7 Å². The average Bonchev–Trinajstić information content (AvgIpc) is 2.60. The third-order valence-electron chi connectivity index (χ3n) is 4.10. The van der Waals surface area contributed by atoms with Crippen LogP contribution in [0.4, 0.5) is 0 Å². The van der Waals surface area contributed by atoms with Gasteiger partial charge in [0.15, 0.2) is 0 Å². The zero-order valence-electron chi connectivity index (χ0n) is 15.2. The van der Waals surface area contributed by atoms with Crippen molar-refractivity contribution in [3.8, 4) is 11.9 Å². The standard InChI is InChI=1S/C19H22N4O3/c1-4-26-18-9-14(7-8-21-18)11-22-17(24)6-5-15-12(2)16(10-20)19(25)23-13(15)3/h7-9H,4-6,11H2,1-3H3,(H,22,24)(H,23,25). The molecule has 0 spiro atoms. The van der Waals surface area contributed by atoms with Crippen LogP contribution in [0.3, 0.4) is 0 Å². The number of H-pyrrole nitrogens is 1. The van der Waals surface area contributed by atoms with Gasteiger partial charge in [-0.1, -0.05) is 0 Å². The molecule has 0 aliphatic rings. The summed E-state index contributed by atoms with van der Waals surface area (Å²) < 4.78 is 5.34. The number of aryl methyl sites for hydroxylation is 1. The van der Waals surface area contributed by atoms with E-state index in [0.717, 1.165) is 11.1 Å². The highest BCUT2D eigenvalue weighted by Gasteiger charge is 2.13. The first kappa shape index (κ1) is 19.2. The van der Waals surface area contributed by atoms with E-state index in [9.17, 15) is 9.59 Å². The molecule has 26 heavy (non-hydrogen) atoms. The van der Waals surface area contributed by atoms with Crippen molar-refractivity contribution in [3.63, 3.8) is 0 Å². The number of aromatic amines is 1. The summed E-state index contributed by atoms with van der Waals surface area (Å²) in [5.74, 6) is 0.422. The fourth-order valence-corrected chi connectivity index (χ4v) is 2.74. The lowest BCUT2D eigenvalue weighted by Crippen LogP contribution is -2.24. The summed E-state index contributed by atoms with van der Waals surface area (Å²) in [6.45, 7) is 6.31. The highest BCUT2D eigenvalue weighted by atomic mass is 16.5. The van der Waals surface area contributed by atoms with Gasteiger partial charge in [0.2, 0.25) is 11.8 Å². The Labute approximate surface area is 152 Å². The quantitative estimate of drug-likeness (QED) is 0.789. The number of pyridine rings is 2. The number of hydrogen-bond acceptors (Lipinski definition) is 5. The fourth-order valence-electron chi connectivity index (χ4n) is 2.74. The molecule has 0 unspecified atom stereocenters. The number of carbonyl (C=O) groups is 1. The number of amides is 1. The van der Waals surface area contributed by atoms with E-state index in [-0.39, 0.29) is 17.9 Å². The summed E-state index contributed by atoms with van der Waals surface area (Å²) in [4.78, 5) is 30.6. The SMILES string of the molecule is CCOc1cc(CNC(=O)CCc2c(C)[nH]c(=O)c(C#N)c2C)ccn1. The topological polar surface area (TPSA) is 108 Å². The van der Waals surface area contributed by atoms with Gasteiger partial charge < -0.3 is 15.0 Å².